The topological polar surface area (TPSA) is 115 Å². The molecule has 6 fully saturated rings. The van der Waals surface area contributed by atoms with Crippen molar-refractivity contribution < 1.29 is 34.0 Å². The van der Waals surface area contributed by atoms with Gasteiger partial charge in [-0.05, 0) is 117 Å². The highest BCUT2D eigenvalue weighted by molar-refractivity contribution is 5.89. The van der Waals surface area contributed by atoms with Crippen LogP contribution in [0.1, 0.15) is 117 Å². The predicted molar refractivity (Wildman–Crippen MR) is 171 cm³/mol. The Kier molecular flexibility index (Phi) is 7.24. The molecule has 2 heterocycles. The molecule has 1 aromatic heterocycles. The number of aliphatic hydroxyl groups excluding tert-OH is 1. The lowest BCUT2D eigenvalue weighted by molar-refractivity contribution is -0.216. The summed E-state index contributed by atoms with van der Waals surface area (Å²) in [7, 11) is 0. The summed E-state index contributed by atoms with van der Waals surface area (Å²) in [6, 6.07) is 3.54. The minimum Gasteiger partial charge on any atom is -0.458 e. The maximum absolute atomic E-state index is 13.1. The summed E-state index contributed by atoms with van der Waals surface area (Å²) in [5.74, 6) is 0.551. The van der Waals surface area contributed by atoms with Gasteiger partial charge in [0.1, 0.15) is 6.10 Å². The van der Waals surface area contributed by atoms with Gasteiger partial charge in [-0.1, -0.05) is 34.6 Å². The van der Waals surface area contributed by atoms with Crippen molar-refractivity contribution in [1.82, 2.24) is 4.98 Å². The Morgan fingerprint density at radius 2 is 1.76 bits per heavy atom. The first kappa shape index (κ1) is 32.5. The summed E-state index contributed by atoms with van der Waals surface area (Å²) < 4.78 is 18.7. The van der Waals surface area contributed by atoms with Gasteiger partial charge in [0.2, 0.25) is 0 Å². The third-order valence-corrected chi connectivity index (χ3v) is 15.2. The Bertz CT molecular complexity index is 1390. The van der Waals surface area contributed by atoms with E-state index < -0.39 is 29.9 Å². The molecule has 1 aromatic rings. The van der Waals surface area contributed by atoms with Crippen LogP contribution in [0.2, 0.25) is 0 Å². The van der Waals surface area contributed by atoms with Crippen LogP contribution in [0.25, 0.3) is 0 Å². The van der Waals surface area contributed by atoms with Gasteiger partial charge in [-0.25, -0.2) is 4.79 Å². The summed E-state index contributed by atoms with van der Waals surface area (Å²) in [6.45, 7) is 16.4. The lowest BCUT2D eigenvalue weighted by Crippen LogP contribution is -2.60. The molecule has 7 rings (SSSR count). The molecular weight excluding hydrogens is 582 g/mol. The number of pyridine rings is 1. The van der Waals surface area contributed by atoms with E-state index >= 15 is 0 Å². The average Bonchev–Trinajstić information content (AvgIpc) is 3.61. The largest absolute Gasteiger partial charge is 0.458 e. The van der Waals surface area contributed by atoms with E-state index in [1.54, 1.807) is 38.4 Å². The number of hydrogen-bond donors (Lipinski definition) is 2. The molecule has 8 heteroatoms. The van der Waals surface area contributed by atoms with Gasteiger partial charge < -0.3 is 24.4 Å². The van der Waals surface area contributed by atoms with Crippen LogP contribution in [0, 0.1) is 50.7 Å². The second-order valence-electron chi connectivity index (χ2n) is 17.9. The molecule has 13 atom stereocenters. The highest BCUT2D eigenvalue weighted by atomic mass is 16.6. The molecule has 5 saturated carbocycles. The number of hydrogen-bond acceptors (Lipinski definition) is 8. The molecule has 6 aliphatic rings. The minimum absolute atomic E-state index is 0.0916. The van der Waals surface area contributed by atoms with E-state index in [1.807, 2.05) is 0 Å². The van der Waals surface area contributed by atoms with Gasteiger partial charge >= 0.3 is 11.9 Å². The summed E-state index contributed by atoms with van der Waals surface area (Å²) >= 11 is 0. The molecule has 0 radical (unpaired) electrons. The molecule has 0 aromatic carbocycles. The van der Waals surface area contributed by atoms with Crippen molar-refractivity contribution in [3.8, 4) is 0 Å². The molecule has 1 saturated heterocycles. The van der Waals surface area contributed by atoms with E-state index in [-0.39, 0.29) is 57.1 Å². The predicted octanol–water partition coefficient (Wildman–Crippen LogP) is 6.12. The summed E-state index contributed by atoms with van der Waals surface area (Å²) in [5.41, 5.74) is -0.935. The van der Waals surface area contributed by atoms with E-state index in [2.05, 4.69) is 39.6 Å². The highest BCUT2D eigenvalue weighted by Gasteiger charge is 2.84. The van der Waals surface area contributed by atoms with E-state index in [0.717, 1.165) is 32.1 Å². The van der Waals surface area contributed by atoms with Gasteiger partial charge in [0.25, 0.3) is 0 Å². The zero-order valence-corrected chi connectivity index (χ0v) is 29.0. The van der Waals surface area contributed by atoms with Crippen molar-refractivity contribution in [3.63, 3.8) is 0 Å². The van der Waals surface area contributed by atoms with Crippen molar-refractivity contribution in [3.05, 3.63) is 30.1 Å². The maximum atomic E-state index is 13.1. The van der Waals surface area contributed by atoms with Gasteiger partial charge in [-0.15, -0.1) is 0 Å². The Labute approximate surface area is 274 Å². The van der Waals surface area contributed by atoms with Crippen molar-refractivity contribution in [2.24, 2.45) is 50.7 Å². The molecule has 254 valence electrons. The van der Waals surface area contributed by atoms with Crippen LogP contribution in [-0.2, 0) is 19.0 Å². The lowest BCUT2D eigenvalue weighted by Gasteiger charge is -2.63. The molecule has 2 spiro atoms. The van der Waals surface area contributed by atoms with Crippen LogP contribution in [0.15, 0.2) is 24.5 Å². The van der Waals surface area contributed by atoms with Gasteiger partial charge in [-0.2, -0.15) is 0 Å². The number of aliphatic hydroxyl groups is 2. The third kappa shape index (κ3) is 4.17. The molecule has 46 heavy (non-hydrogen) atoms. The van der Waals surface area contributed by atoms with Crippen molar-refractivity contribution >= 4 is 11.9 Å². The second kappa shape index (κ2) is 10.2. The SMILES string of the molecule is CC(=O)OC(C1C[C@@H](C)[C@H]2[C@H](O1)[C@H](O)[C@@]1(C)C3CC[C@H]4C(C)(C)C(OC(=O)c5cccnc5)CCC45CC35CCC21C)C(C)(C)O. The van der Waals surface area contributed by atoms with Gasteiger partial charge in [0.05, 0.1) is 29.5 Å². The number of aromatic nitrogens is 1. The Hall–Kier alpha value is -2.03. The van der Waals surface area contributed by atoms with Crippen LogP contribution in [0.3, 0.4) is 0 Å². The van der Waals surface area contributed by atoms with Crippen LogP contribution < -0.4 is 0 Å². The third-order valence-electron chi connectivity index (χ3n) is 15.2. The monoisotopic (exact) mass is 637 g/mol. The van der Waals surface area contributed by atoms with Gasteiger partial charge in [0, 0.05) is 30.1 Å². The first-order valence-corrected chi connectivity index (χ1v) is 17.8. The van der Waals surface area contributed by atoms with E-state index in [1.165, 1.54) is 19.8 Å². The fourth-order valence-corrected chi connectivity index (χ4v) is 13.3. The standard InChI is InChI=1S/C38H55NO7/c1-21-18-24(31(34(5,6)43)44-22(2)40)45-29-28(21)35(7)15-16-38-20-37(38)14-13-27(46-32(42)23-10-9-17-39-19-23)33(3,4)25(37)11-12-26(38)36(35,8)30(29)41/h9-10,17,19,21,24-31,41,43H,11-16,18,20H2,1-8H3/t21-,24?,25+,26?,27?,28+,29+,30+,31?,35?,36-,37?,38?/m1/s1. The zero-order valence-electron chi connectivity index (χ0n) is 29.0. The Balaban J connectivity index is 1.16. The van der Waals surface area contributed by atoms with Crippen molar-refractivity contribution in [2.75, 3.05) is 0 Å². The van der Waals surface area contributed by atoms with Gasteiger partial charge in [0.15, 0.2) is 6.10 Å². The maximum Gasteiger partial charge on any atom is 0.339 e. The lowest BCUT2D eigenvalue weighted by atomic mass is 9.41. The molecule has 0 bridgehead atoms. The minimum atomic E-state index is -1.27. The number of nitrogens with zero attached hydrogens (tertiary/aromatic N) is 1. The summed E-state index contributed by atoms with van der Waals surface area (Å²) in [5, 5.41) is 23.5. The molecular formula is C38H55NO7. The normalized spacial score (nSPS) is 47.6. The van der Waals surface area contributed by atoms with Crippen molar-refractivity contribution in [1.29, 1.82) is 0 Å². The zero-order chi connectivity index (χ0) is 33.2. The van der Waals surface area contributed by atoms with Crippen LogP contribution in [0.5, 0.6) is 0 Å². The first-order valence-electron chi connectivity index (χ1n) is 17.8. The average molecular weight is 638 g/mol. The Morgan fingerprint density at radius 1 is 1.07 bits per heavy atom. The first-order chi connectivity index (χ1) is 21.4. The van der Waals surface area contributed by atoms with Crippen LogP contribution >= 0.6 is 0 Å². The van der Waals surface area contributed by atoms with Gasteiger partial charge in [-0.3, -0.25) is 9.78 Å². The molecule has 8 nitrogen and oxygen atoms in total. The number of carbonyl (C=O) groups excluding carboxylic acids is 2. The quantitative estimate of drug-likeness (QED) is 0.371. The highest BCUT2D eigenvalue weighted by Crippen LogP contribution is 2.89. The van der Waals surface area contributed by atoms with Crippen molar-refractivity contribution in [2.45, 2.75) is 143 Å². The number of fused-ring (bicyclic) bond motifs is 4. The Morgan fingerprint density at radius 3 is 2.41 bits per heavy atom. The van der Waals surface area contributed by atoms with E-state index in [0.29, 0.717) is 23.8 Å². The summed E-state index contributed by atoms with van der Waals surface area (Å²) in [6.07, 6.45) is 8.96. The number of rotatable bonds is 5. The molecule has 7 unspecified atom stereocenters. The number of carbonyl (C=O) groups is 2. The summed E-state index contributed by atoms with van der Waals surface area (Å²) in [4.78, 5) is 29.3. The fourth-order valence-electron chi connectivity index (χ4n) is 13.3. The smallest absolute Gasteiger partial charge is 0.339 e. The van der Waals surface area contributed by atoms with E-state index in [4.69, 9.17) is 14.2 Å². The molecule has 1 aliphatic heterocycles. The number of esters is 2. The number of ether oxygens (including phenoxy) is 3. The molecule has 2 N–H and O–H groups in total. The van der Waals surface area contributed by atoms with Crippen LogP contribution in [-0.4, -0.2) is 63.3 Å². The fraction of sp³-hybridized carbons (Fsp3) is 0.816. The van der Waals surface area contributed by atoms with Crippen LogP contribution in [0.4, 0.5) is 0 Å². The second-order valence-corrected chi connectivity index (χ2v) is 17.9. The van der Waals surface area contributed by atoms with E-state index in [9.17, 15) is 19.8 Å². The molecule has 5 aliphatic carbocycles. The molecule has 0 amide bonds.